The number of rotatable bonds is 2. The normalized spacial score (nSPS) is 16.2. The van der Waals surface area contributed by atoms with Gasteiger partial charge in [-0.2, -0.15) is 13.2 Å². The molecule has 0 fully saturated rings. The molecule has 0 spiro atoms. The fourth-order valence-electron chi connectivity index (χ4n) is 4.06. The van der Waals surface area contributed by atoms with Crippen LogP contribution in [0.3, 0.4) is 0 Å². The molecule has 30 heavy (non-hydrogen) atoms. The number of halogens is 5. The molecule has 0 saturated carbocycles. The first-order valence-corrected chi connectivity index (χ1v) is 9.82. The monoisotopic (exact) mass is 488 g/mol. The fraction of sp³-hybridized carbons (Fsp3) is 0.304. The van der Waals surface area contributed by atoms with Crippen molar-refractivity contribution in [1.29, 1.82) is 0 Å². The number of aromatic hydroxyl groups is 1. The summed E-state index contributed by atoms with van der Waals surface area (Å²) in [5, 5.41) is 11.2. The van der Waals surface area contributed by atoms with Crippen molar-refractivity contribution in [2.75, 3.05) is 0 Å². The van der Waals surface area contributed by atoms with Crippen LogP contribution in [0.2, 0.25) is 10.0 Å². The Morgan fingerprint density at radius 3 is 1.87 bits per heavy atom. The smallest absolute Gasteiger partial charge is 0.416 e. The molecule has 0 aliphatic heterocycles. The largest absolute Gasteiger partial charge is 0.507 e. The minimum atomic E-state index is -4.44. The second kappa shape index (κ2) is 8.39. The molecule has 2 aromatic rings. The average Bonchev–Trinajstić information content (AvgIpc) is 2.77. The molecule has 0 aromatic heterocycles. The van der Waals surface area contributed by atoms with Crippen molar-refractivity contribution in [3.05, 3.63) is 68.2 Å². The van der Waals surface area contributed by atoms with Crippen LogP contribution in [0.15, 0.2) is 47.1 Å². The number of hydrogen-bond donors (Lipinski definition) is 1. The molecule has 7 heteroatoms. The van der Waals surface area contributed by atoms with Gasteiger partial charge in [0, 0.05) is 44.3 Å². The maximum Gasteiger partial charge on any atom is 0.416 e. The molecular weight excluding hydrogens is 468 g/mol. The van der Waals surface area contributed by atoms with Gasteiger partial charge in [0.2, 0.25) is 0 Å². The van der Waals surface area contributed by atoms with E-state index >= 15 is 0 Å². The Balaban J connectivity index is 0.00000320. The van der Waals surface area contributed by atoms with E-state index < -0.39 is 11.7 Å². The third-order valence-corrected chi connectivity index (χ3v) is 6.80. The Bertz CT molecular complexity index is 1070. The molecule has 0 saturated heterocycles. The van der Waals surface area contributed by atoms with E-state index in [1.807, 2.05) is 20.8 Å². The zero-order chi connectivity index (χ0) is 21.9. The van der Waals surface area contributed by atoms with Gasteiger partial charge in [-0.25, -0.2) is 0 Å². The summed E-state index contributed by atoms with van der Waals surface area (Å²) in [4.78, 5) is 0. The van der Waals surface area contributed by atoms with Crippen molar-refractivity contribution in [2.45, 2.75) is 40.8 Å². The summed E-state index contributed by atoms with van der Waals surface area (Å²) in [5.41, 5.74) is 4.44. The standard InChI is InChI=1S/C23H21Cl2F3O.Ti/c1-11-12(2)20(22(4,5)13(11)3)19-18(17(29)10-16(24)21(19)25)14-6-8-15(9-7-14)23(26,27)28;/h6-10,29H,1-5H3;. The van der Waals surface area contributed by atoms with E-state index in [1.165, 1.54) is 23.8 Å². The summed E-state index contributed by atoms with van der Waals surface area (Å²) in [6.07, 6.45) is -4.44. The van der Waals surface area contributed by atoms with Gasteiger partial charge in [-0.3, -0.25) is 0 Å². The predicted molar refractivity (Wildman–Crippen MR) is 113 cm³/mol. The molecule has 0 atom stereocenters. The van der Waals surface area contributed by atoms with E-state index in [4.69, 9.17) is 23.2 Å². The Kier molecular flexibility index (Phi) is 7.01. The summed E-state index contributed by atoms with van der Waals surface area (Å²) >= 11 is 12.9. The van der Waals surface area contributed by atoms with E-state index in [2.05, 4.69) is 13.8 Å². The van der Waals surface area contributed by atoms with Crippen LogP contribution < -0.4 is 0 Å². The molecule has 1 nitrogen and oxygen atoms in total. The predicted octanol–water partition coefficient (Wildman–Crippen LogP) is 8.53. The third-order valence-electron chi connectivity index (χ3n) is 6.01. The van der Waals surface area contributed by atoms with Crippen molar-refractivity contribution in [3.63, 3.8) is 0 Å². The molecule has 0 bridgehead atoms. The first-order chi connectivity index (χ1) is 13.3. The molecular formula is C23H21Cl2F3OTi. The Hall–Kier alpha value is -1.20. The minimum Gasteiger partial charge on any atom is -0.507 e. The number of phenolic OH excluding ortho intramolecular Hbond substituents is 1. The summed E-state index contributed by atoms with van der Waals surface area (Å²) in [7, 11) is 0. The first kappa shape index (κ1) is 25.1. The van der Waals surface area contributed by atoms with Gasteiger partial charge >= 0.3 is 6.18 Å². The molecule has 3 rings (SSSR count). The van der Waals surface area contributed by atoms with Gasteiger partial charge in [0.1, 0.15) is 5.75 Å². The van der Waals surface area contributed by atoms with E-state index in [0.29, 0.717) is 16.7 Å². The zero-order valence-corrected chi connectivity index (χ0v) is 20.3. The van der Waals surface area contributed by atoms with Gasteiger partial charge in [0.05, 0.1) is 15.6 Å². The SMILES string of the molecule is CC1=C(C)C(C)(C)C(c2c(Cl)c(Cl)cc(O)c2-c2ccc(C(F)(F)F)cc2)=C1C.[Ti]. The summed E-state index contributed by atoms with van der Waals surface area (Å²) in [6.45, 7) is 10.2. The second-order valence-electron chi connectivity index (χ2n) is 7.89. The number of hydrogen-bond acceptors (Lipinski definition) is 1. The van der Waals surface area contributed by atoms with Gasteiger partial charge in [0.25, 0.3) is 0 Å². The molecule has 1 aliphatic rings. The van der Waals surface area contributed by atoms with Gasteiger partial charge in [-0.05, 0) is 55.2 Å². The summed E-state index contributed by atoms with van der Waals surface area (Å²) in [6, 6.07) is 6.01. The quantitative estimate of drug-likeness (QED) is 0.420. The maximum absolute atomic E-state index is 13.0. The van der Waals surface area contributed by atoms with Crippen LogP contribution in [0.5, 0.6) is 5.75 Å². The number of benzene rings is 2. The van der Waals surface area contributed by atoms with Crippen molar-refractivity contribution in [3.8, 4) is 16.9 Å². The topological polar surface area (TPSA) is 20.2 Å². The summed E-state index contributed by atoms with van der Waals surface area (Å²) < 4.78 is 38.9. The van der Waals surface area contributed by atoms with E-state index in [0.717, 1.165) is 28.9 Å². The van der Waals surface area contributed by atoms with Crippen molar-refractivity contribution >= 4 is 28.8 Å². The number of allylic oxidation sites excluding steroid dienone is 4. The van der Waals surface area contributed by atoms with Gasteiger partial charge in [-0.15, -0.1) is 0 Å². The molecule has 2 aromatic carbocycles. The van der Waals surface area contributed by atoms with Gasteiger partial charge in [-0.1, -0.05) is 54.8 Å². The maximum atomic E-state index is 13.0. The number of alkyl halides is 3. The Morgan fingerprint density at radius 2 is 1.43 bits per heavy atom. The van der Waals surface area contributed by atoms with Crippen LogP contribution in [0, 0.1) is 5.41 Å². The van der Waals surface area contributed by atoms with E-state index in [-0.39, 0.29) is 42.9 Å². The van der Waals surface area contributed by atoms with Crippen LogP contribution in [0.1, 0.15) is 45.7 Å². The summed E-state index contributed by atoms with van der Waals surface area (Å²) in [5.74, 6) is -0.132. The van der Waals surface area contributed by atoms with Crippen LogP contribution in [0.25, 0.3) is 16.7 Å². The van der Waals surface area contributed by atoms with Crippen LogP contribution in [-0.4, -0.2) is 5.11 Å². The number of phenols is 1. The molecule has 0 amide bonds. The van der Waals surface area contributed by atoms with Crippen molar-refractivity contribution < 1.29 is 40.0 Å². The van der Waals surface area contributed by atoms with E-state index in [9.17, 15) is 18.3 Å². The van der Waals surface area contributed by atoms with E-state index in [1.54, 1.807) is 0 Å². The van der Waals surface area contributed by atoms with Gasteiger partial charge in [0.15, 0.2) is 0 Å². The van der Waals surface area contributed by atoms with Crippen LogP contribution >= 0.6 is 23.2 Å². The third kappa shape index (κ3) is 4.00. The second-order valence-corrected chi connectivity index (χ2v) is 8.68. The van der Waals surface area contributed by atoms with Crippen molar-refractivity contribution in [1.82, 2.24) is 0 Å². The first-order valence-electron chi connectivity index (χ1n) is 9.07. The van der Waals surface area contributed by atoms with Crippen LogP contribution in [0.4, 0.5) is 13.2 Å². The Morgan fingerprint density at radius 1 is 0.900 bits per heavy atom. The molecule has 0 unspecified atom stereocenters. The molecule has 0 heterocycles. The molecule has 158 valence electrons. The zero-order valence-electron chi connectivity index (χ0n) is 17.2. The minimum absolute atomic E-state index is 0. The Labute approximate surface area is 199 Å². The molecule has 0 radical (unpaired) electrons. The van der Waals surface area contributed by atoms with Gasteiger partial charge < -0.3 is 5.11 Å². The van der Waals surface area contributed by atoms with Crippen LogP contribution in [-0.2, 0) is 27.9 Å². The van der Waals surface area contributed by atoms with Crippen molar-refractivity contribution in [2.24, 2.45) is 5.41 Å². The fourth-order valence-corrected chi connectivity index (χ4v) is 4.50. The molecule has 1 N–H and O–H groups in total. The average molecular weight is 489 g/mol. The molecule has 1 aliphatic carbocycles.